The van der Waals surface area contributed by atoms with Gasteiger partial charge in [-0.3, -0.25) is 9.59 Å². The van der Waals surface area contributed by atoms with Crippen molar-refractivity contribution in [3.8, 4) is 5.75 Å². The predicted octanol–water partition coefficient (Wildman–Crippen LogP) is 2.92. The van der Waals surface area contributed by atoms with Gasteiger partial charge in [0.1, 0.15) is 5.75 Å². The summed E-state index contributed by atoms with van der Waals surface area (Å²) in [5, 5.41) is 3.39. The molecule has 0 atom stereocenters. The van der Waals surface area contributed by atoms with Crippen LogP contribution in [-0.2, 0) is 11.2 Å². The number of rotatable bonds is 5. The van der Waals surface area contributed by atoms with Gasteiger partial charge in [-0.15, -0.1) is 0 Å². The molecule has 1 fully saturated rings. The quantitative estimate of drug-likeness (QED) is 0.836. The van der Waals surface area contributed by atoms with E-state index in [0.29, 0.717) is 35.1 Å². The molecule has 1 saturated heterocycles. The summed E-state index contributed by atoms with van der Waals surface area (Å²) in [7, 11) is 3.57. The first-order valence-corrected chi connectivity index (χ1v) is 9.55. The van der Waals surface area contributed by atoms with Crippen molar-refractivity contribution in [1.82, 2.24) is 9.80 Å². The molecule has 0 bridgehead atoms. The van der Waals surface area contributed by atoms with Crippen molar-refractivity contribution in [2.45, 2.75) is 6.42 Å². The number of benzene rings is 2. The summed E-state index contributed by atoms with van der Waals surface area (Å²) in [6.07, 6.45) is 0.138. The van der Waals surface area contributed by atoms with Crippen molar-refractivity contribution < 1.29 is 14.3 Å². The Hall–Kier alpha value is -2.57. The second-order valence-electron chi connectivity index (χ2n) is 6.83. The number of methoxy groups -OCH3 is 1. The maximum atomic E-state index is 12.8. The van der Waals surface area contributed by atoms with Crippen molar-refractivity contribution >= 4 is 29.1 Å². The number of nitrogens with one attached hydrogen (secondary N) is 1. The molecule has 3 rings (SSSR count). The zero-order chi connectivity index (χ0) is 20.1. The van der Waals surface area contributed by atoms with Crippen LogP contribution in [-0.4, -0.2) is 62.0 Å². The number of carbonyl (C=O) groups excluding carboxylic acids is 2. The highest BCUT2D eigenvalue weighted by atomic mass is 35.5. The molecule has 0 aromatic heterocycles. The number of hydrogen-bond acceptors (Lipinski definition) is 4. The molecule has 0 spiro atoms. The maximum Gasteiger partial charge on any atom is 0.254 e. The third kappa shape index (κ3) is 4.82. The highest BCUT2D eigenvalue weighted by Crippen LogP contribution is 2.27. The fraction of sp³-hybridized carbons (Fsp3) is 0.333. The van der Waals surface area contributed by atoms with E-state index < -0.39 is 0 Å². The van der Waals surface area contributed by atoms with Crippen LogP contribution in [0, 0.1) is 0 Å². The van der Waals surface area contributed by atoms with Crippen LogP contribution in [0.4, 0.5) is 5.69 Å². The number of piperazine rings is 1. The standard InChI is InChI=1S/C21H24ClN3O3/c1-24-9-11-25(12-10-24)21(27)16-7-8-19(28-2)18(13-16)23-20(26)14-15-5-3-4-6-17(15)22/h3-8,13H,9-12,14H2,1-2H3,(H,23,26). The van der Waals surface area contributed by atoms with Crippen molar-refractivity contribution in [3.05, 3.63) is 58.6 Å². The molecule has 2 aromatic rings. The maximum absolute atomic E-state index is 12.8. The second-order valence-corrected chi connectivity index (χ2v) is 7.23. The van der Waals surface area contributed by atoms with Crippen LogP contribution in [0.25, 0.3) is 0 Å². The molecule has 1 N–H and O–H groups in total. The number of anilines is 1. The van der Waals surface area contributed by atoms with Gasteiger partial charge in [-0.25, -0.2) is 0 Å². The van der Waals surface area contributed by atoms with Crippen LogP contribution in [0.5, 0.6) is 5.75 Å². The zero-order valence-electron chi connectivity index (χ0n) is 16.1. The number of halogens is 1. The van der Waals surface area contributed by atoms with Crippen molar-refractivity contribution in [2.75, 3.05) is 45.7 Å². The third-order valence-corrected chi connectivity index (χ3v) is 5.19. The number of hydrogen-bond donors (Lipinski definition) is 1. The van der Waals surface area contributed by atoms with Crippen molar-refractivity contribution in [2.24, 2.45) is 0 Å². The Balaban J connectivity index is 1.74. The lowest BCUT2D eigenvalue weighted by Crippen LogP contribution is -2.47. The Labute approximate surface area is 170 Å². The average Bonchev–Trinajstić information content (AvgIpc) is 2.69. The number of carbonyl (C=O) groups is 2. The van der Waals surface area contributed by atoms with Gasteiger partial charge in [-0.05, 0) is 36.9 Å². The van der Waals surface area contributed by atoms with E-state index in [1.807, 2.05) is 30.1 Å². The minimum Gasteiger partial charge on any atom is -0.495 e. The van der Waals surface area contributed by atoms with E-state index in [4.69, 9.17) is 16.3 Å². The Morgan fingerprint density at radius 2 is 1.82 bits per heavy atom. The second kappa shape index (κ2) is 9.08. The molecular formula is C21H24ClN3O3. The molecule has 1 aliphatic heterocycles. The van der Waals surface area contributed by atoms with Gasteiger partial charge in [0.2, 0.25) is 5.91 Å². The summed E-state index contributed by atoms with van der Waals surface area (Å²) >= 11 is 6.13. The summed E-state index contributed by atoms with van der Waals surface area (Å²) in [6, 6.07) is 12.3. The normalized spacial score (nSPS) is 14.6. The van der Waals surface area contributed by atoms with Crippen LogP contribution in [0.3, 0.4) is 0 Å². The predicted molar refractivity (Wildman–Crippen MR) is 110 cm³/mol. The fourth-order valence-corrected chi connectivity index (χ4v) is 3.34. The average molecular weight is 402 g/mol. The number of nitrogens with zero attached hydrogens (tertiary/aromatic N) is 2. The van der Waals surface area contributed by atoms with Crippen LogP contribution in [0.15, 0.2) is 42.5 Å². The Bertz CT molecular complexity index is 864. The molecule has 2 amide bonds. The molecule has 148 valence electrons. The van der Waals surface area contributed by atoms with Gasteiger partial charge in [0.05, 0.1) is 19.2 Å². The van der Waals surface area contributed by atoms with Gasteiger partial charge in [0.25, 0.3) is 5.91 Å². The van der Waals surface area contributed by atoms with Gasteiger partial charge in [0.15, 0.2) is 0 Å². The molecule has 0 unspecified atom stereocenters. The fourth-order valence-electron chi connectivity index (χ4n) is 3.14. The van der Waals surface area contributed by atoms with Gasteiger partial charge >= 0.3 is 0 Å². The van der Waals surface area contributed by atoms with E-state index in [-0.39, 0.29) is 18.2 Å². The van der Waals surface area contributed by atoms with Crippen molar-refractivity contribution in [3.63, 3.8) is 0 Å². The van der Waals surface area contributed by atoms with Crippen LogP contribution in [0.2, 0.25) is 5.02 Å². The smallest absolute Gasteiger partial charge is 0.254 e. The Morgan fingerprint density at radius 1 is 1.11 bits per heavy atom. The van der Waals surface area contributed by atoms with E-state index in [1.165, 1.54) is 7.11 Å². The largest absolute Gasteiger partial charge is 0.495 e. The molecule has 28 heavy (non-hydrogen) atoms. The van der Waals surface area contributed by atoms with E-state index in [0.717, 1.165) is 18.7 Å². The molecule has 7 heteroatoms. The lowest BCUT2D eigenvalue weighted by molar-refractivity contribution is -0.115. The minimum atomic E-state index is -0.226. The zero-order valence-corrected chi connectivity index (χ0v) is 16.8. The highest BCUT2D eigenvalue weighted by Gasteiger charge is 2.21. The van der Waals surface area contributed by atoms with Crippen LogP contribution >= 0.6 is 11.6 Å². The summed E-state index contributed by atoms with van der Waals surface area (Å²) in [6.45, 7) is 3.08. The van der Waals surface area contributed by atoms with Gasteiger partial charge < -0.3 is 19.9 Å². The topological polar surface area (TPSA) is 61.9 Å². The van der Waals surface area contributed by atoms with Crippen molar-refractivity contribution in [1.29, 1.82) is 0 Å². The van der Waals surface area contributed by atoms with Gasteiger partial charge in [-0.2, -0.15) is 0 Å². The molecule has 0 aliphatic carbocycles. The van der Waals surface area contributed by atoms with Gasteiger partial charge in [0, 0.05) is 36.8 Å². The van der Waals surface area contributed by atoms with E-state index in [9.17, 15) is 9.59 Å². The molecule has 2 aromatic carbocycles. The minimum absolute atomic E-state index is 0.0441. The summed E-state index contributed by atoms with van der Waals surface area (Å²) in [5.41, 5.74) is 1.74. The van der Waals surface area contributed by atoms with Crippen LogP contribution < -0.4 is 10.1 Å². The molecule has 6 nitrogen and oxygen atoms in total. The van der Waals surface area contributed by atoms with E-state index in [1.54, 1.807) is 24.3 Å². The lowest BCUT2D eigenvalue weighted by Gasteiger charge is -2.32. The monoisotopic (exact) mass is 401 g/mol. The van der Waals surface area contributed by atoms with E-state index in [2.05, 4.69) is 10.2 Å². The molecule has 1 heterocycles. The number of likely N-dealkylation sites (N-methyl/N-ethyl adjacent to an activating group) is 1. The molecule has 0 saturated carbocycles. The molecule has 0 radical (unpaired) electrons. The highest BCUT2D eigenvalue weighted by molar-refractivity contribution is 6.31. The first-order chi connectivity index (χ1) is 13.5. The Morgan fingerprint density at radius 3 is 2.50 bits per heavy atom. The first kappa shape index (κ1) is 20.2. The number of ether oxygens (including phenoxy) is 1. The Kier molecular flexibility index (Phi) is 6.54. The van der Waals surface area contributed by atoms with E-state index >= 15 is 0 Å². The number of amides is 2. The lowest BCUT2D eigenvalue weighted by atomic mass is 10.1. The summed E-state index contributed by atoms with van der Waals surface area (Å²) in [5.74, 6) is 0.232. The molecule has 1 aliphatic rings. The van der Waals surface area contributed by atoms with Crippen LogP contribution in [0.1, 0.15) is 15.9 Å². The first-order valence-electron chi connectivity index (χ1n) is 9.17. The summed E-state index contributed by atoms with van der Waals surface area (Å²) in [4.78, 5) is 29.3. The SMILES string of the molecule is COc1ccc(C(=O)N2CCN(C)CC2)cc1NC(=O)Cc1ccccc1Cl. The summed E-state index contributed by atoms with van der Waals surface area (Å²) < 4.78 is 5.34. The van der Waals surface area contributed by atoms with Gasteiger partial charge in [-0.1, -0.05) is 29.8 Å². The third-order valence-electron chi connectivity index (χ3n) is 4.82. The molecular weight excluding hydrogens is 378 g/mol.